The molecule has 0 radical (unpaired) electrons. The third-order valence-corrected chi connectivity index (χ3v) is 4.26. The SMILES string of the molecule is CN(C)c1ccc2c(CC(=O)NCCCC[C@H](N)C(=O)O)cc(=O)oc2c1. The minimum Gasteiger partial charge on any atom is -0.480 e. The van der Waals surface area contributed by atoms with E-state index in [0.29, 0.717) is 37.0 Å². The van der Waals surface area contributed by atoms with Gasteiger partial charge >= 0.3 is 11.6 Å². The van der Waals surface area contributed by atoms with Crippen LogP contribution in [-0.2, 0) is 16.0 Å². The summed E-state index contributed by atoms with van der Waals surface area (Å²) < 4.78 is 5.26. The zero-order valence-corrected chi connectivity index (χ0v) is 15.5. The van der Waals surface area contributed by atoms with Gasteiger partial charge in [0.25, 0.3) is 0 Å². The van der Waals surface area contributed by atoms with Gasteiger partial charge in [0.1, 0.15) is 11.6 Å². The number of nitrogens with one attached hydrogen (secondary N) is 1. The van der Waals surface area contributed by atoms with Crippen LogP contribution in [0.5, 0.6) is 0 Å². The van der Waals surface area contributed by atoms with Crippen molar-refractivity contribution in [2.75, 3.05) is 25.5 Å². The van der Waals surface area contributed by atoms with E-state index in [9.17, 15) is 14.4 Å². The normalized spacial score (nSPS) is 12.0. The van der Waals surface area contributed by atoms with E-state index in [1.807, 2.05) is 31.1 Å². The van der Waals surface area contributed by atoms with Crippen LogP contribution in [0.15, 0.2) is 33.5 Å². The number of carbonyl (C=O) groups is 2. The molecule has 1 heterocycles. The molecule has 0 saturated heterocycles. The lowest BCUT2D eigenvalue weighted by Gasteiger charge is -2.13. The summed E-state index contributed by atoms with van der Waals surface area (Å²) in [6, 6.07) is 5.97. The van der Waals surface area contributed by atoms with Crippen LogP contribution in [0.4, 0.5) is 5.69 Å². The van der Waals surface area contributed by atoms with Crippen molar-refractivity contribution < 1.29 is 19.1 Å². The van der Waals surface area contributed by atoms with E-state index in [4.69, 9.17) is 15.3 Å². The average molecular weight is 375 g/mol. The number of amides is 1. The molecule has 1 aromatic carbocycles. The van der Waals surface area contributed by atoms with Crippen molar-refractivity contribution in [3.63, 3.8) is 0 Å². The zero-order chi connectivity index (χ0) is 20.0. The average Bonchev–Trinajstić information content (AvgIpc) is 2.60. The maximum atomic E-state index is 12.2. The van der Waals surface area contributed by atoms with Gasteiger partial charge in [0.05, 0.1) is 6.42 Å². The Morgan fingerprint density at radius 3 is 2.67 bits per heavy atom. The highest BCUT2D eigenvalue weighted by molar-refractivity contribution is 5.88. The Balaban J connectivity index is 1.96. The Labute approximate surface area is 156 Å². The van der Waals surface area contributed by atoms with Crippen molar-refractivity contribution >= 4 is 28.5 Å². The van der Waals surface area contributed by atoms with Gasteiger partial charge in [-0.1, -0.05) is 0 Å². The van der Waals surface area contributed by atoms with E-state index in [2.05, 4.69) is 5.32 Å². The topological polar surface area (TPSA) is 126 Å². The molecule has 0 aliphatic heterocycles. The van der Waals surface area contributed by atoms with Crippen molar-refractivity contribution in [3.05, 3.63) is 40.2 Å². The number of fused-ring (bicyclic) bond motifs is 1. The van der Waals surface area contributed by atoms with Gasteiger partial charge in [-0.05, 0) is 37.0 Å². The molecular weight excluding hydrogens is 350 g/mol. The van der Waals surface area contributed by atoms with Crippen LogP contribution in [-0.4, -0.2) is 43.7 Å². The summed E-state index contributed by atoms with van der Waals surface area (Å²) in [6.07, 6.45) is 1.68. The molecule has 4 N–H and O–H groups in total. The maximum Gasteiger partial charge on any atom is 0.336 e. The fraction of sp³-hybridized carbons (Fsp3) is 0.421. The molecule has 0 unspecified atom stereocenters. The molecule has 0 aliphatic rings. The van der Waals surface area contributed by atoms with E-state index in [1.54, 1.807) is 6.07 Å². The number of carbonyl (C=O) groups excluding carboxylic acids is 1. The Morgan fingerprint density at radius 1 is 1.26 bits per heavy atom. The number of aliphatic carboxylic acids is 1. The predicted molar refractivity (Wildman–Crippen MR) is 103 cm³/mol. The maximum absolute atomic E-state index is 12.2. The quantitative estimate of drug-likeness (QED) is 0.442. The second-order valence-electron chi connectivity index (χ2n) is 6.63. The van der Waals surface area contributed by atoms with Crippen molar-refractivity contribution in [2.24, 2.45) is 5.73 Å². The number of unbranched alkanes of at least 4 members (excludes halogenated alkanes) is 1. The van der Waals surface area contributed by atoms with Crippen LogP contribution in [0, 0.1) is 0 Å². The summed E-state index contributed by atoms with van der Waals surface area (Å²) in [5.74, 6) is -1.23. The monoisotopic (exact) mass is 375 g/mol. The highest BCUT2D eigenvalue weighted by atomic mass is 16.4. The van der Waals surface area contributed by atoms with E-state index in [1.165, 1.54) is 6.07 Å². The first-order chi connectivity index (χ1) is 12.8. The molecule has 8 heteroatoms. The van der Waals surface area contributed by atoms with Crippen molar-refractivity contribution in [1.82, 2.24) is 5.32 Å². The summed E-state index contributed by atoms with van der Waals surface area (Å²) in [7, 11) is 3.78. The molecule has 1 atom stereocenters. The summed E-state index contributed by atoms with van der Waals surface area (Å²) in [6.45, 7) is 0.426. The molecule has 0 fully saturated rings. The molecule has 2 aromatic rings. The number of hydrogen-bond donors (Lipinski definition) is 3. The van der Waals surface area contributed by atoms with Gasteiger partial charge in [-0.25, -0.2) is 4.79 Å². The molecule has 8 nitrogen and oxygen atoms in total. The minimum absolute atomic E-state index is 0.0675. The van der Waals surface area contributed by atoms with Crippen LogP contribution in [0.3, 0.4) is 0 Å². The number of rotatable bonds is 9. The summed E-state index contributed by atoms with van der Waals surface area (Å²) in [5.41, 5.74) is 6.88. The van der Waals surface area contributed by atoms with Crippen LogP contribution >= 0.6 is 0 Å². The lowest BCUT2D eigenvalue weighted by Crippen LogP contribution is -2.30. The molecule has 0 saturated carbocycles. The Morgan fingerprint density at radius 2 is 2.00 bits per heavy atom. The number of anilines is 1. The molecule has 0 spiro atoms. The molecule has 146 valence electrons. The smallest absolute Gasteiger partial charge is 0.336 e. The summed E-state index contributed by atoms with van der Waals surface area (Å²) in [4.78, 5) is 36.5. The van der Waals surface area contributed by atoms with Crippen molar-refractivity contribution in [1.29, 1.82) is 0 Å². The van der Waals surface area contributed by atoms with E-state index >= 15 is 0 Å². The zero-order valence-electron chi connectivity index (χ0n) is 15.5. The van der Waals surface area contributed by atoms with Gasteiger partial charge in [0, 0.05) is 43.8 Å². The van der Waals surface area contributed by atoms with Crippen molar-refractivity contribution in [2.45, 2.75) is 31.7 Å². The molecule has 0 bridgehead atoms. The highest BCUT2D eigenvalue weighted by Gasteiger charge is 2.12. The first kappa shape index (κ1) is 20.4. The van der Waals surface area contributed by atoms with Gasteiger partial charge in [0.15, 0.2) is 0 Å². The molecule has 2 rings (SSSR count). The van der Waals surface area contributed by atoms with Crippen LogP contribution < -0.4 is 21.6 Å². The van der Waals surface area contributed by atoms with Gasteiger partial charge < -0.3 is 25.5 Å². The number of benzene rings is 1. The molecule has 27 heavy (non-hydrogen) atoms. The van der Waals surface area contributed by atoms with Crippen molar-refractivity contribution in [3.8, 4) is 0 Å². The summed E-state index contributed by atoms with van der Waals surface area (Å²) in [5, 5.41) is 12.2. The first-order valence-corrected chi connectivity index (χ1v) is 8.77. The largest absolute Gasteiger partial charge is 0.480 e. The van der Waals surface area contributed by atoms with Crippen LogP contribution in [0.25, 0.3) is 11.0 Å². The van der Waals surface area contributed by atoms with E-state index < -0.39 is 17.6 Å². The molecule has 1 amide bonds. The molecular formula is C19H25N3O5. The second-order valence-corrected chi connectivity index (χ2v) is 6.63. The number of nitrogens with two attached hydrogens (primary N) is 1. The van der Waals surface area contributed by atoms with Gasteiger partial charge in [-0.3, -0.25) is 9.59 Å². The number of hydrogen-bond acceptors (Lipinski definition) is 6. The predicted octanol–water partition coefficient (Wildman–Crippen LogP) is 1.10. The molecule has 0 aliphatic carbocycles. The second kappa shape index (κ2) is 9.18. The lowest BCUT2D eigenvalue weighted by atomic mass is 10.1. The van der Waals surface area contributed by atoms with Gasteiger partial charge in [-0.15, -0.1) is 0 Å². The first-order valence-electron chi connectivity index (χ1n) is 8.77. The minimum atomic E-state index is -1.02. The van der Waals surface area contributed by atoms with E-state index in [-0.39, 0.29) is 12.3 Å². The summed E-state index contributed by atoms with van der Waals surface area (Å²) >= 11 is 0. The molecule has 1 aromatic heterocycles. The van der Waals surface area contributed by atoms with E-state index in [0.717, 1.165) is 11.1 Å². The van der Waals surface area contributed by atoms with Gasteiger partial charge in [-0.2, -0.15) is 0 Å². The third kappa shape index (κ3) is 5.82. The lowest BCUT2D eigenvalue weighted by molar-refractivity contribution is -0.138. The fourth-order valence-electron chi connectivity index (χ4n) is 2.72. The van der Waals surface area contributed by atoms with Crippen LogP contribution in [0.2, 0.25) is 0 Å². The Hall–Kier alpha value is -2.87. The highest BCUT2D eigenvalue weighted by Crippen LogP contribution is 2.23. The van der Waals surface area contributed by atoms with Crippen LogP contribution in [0.1, 0.15) is 24.8 Å². The standard InChI is InChI=1S/C19H25N3O5/c1-22(2)13-6-7-14-12(10-18(24)27-16(14)11-13)9-17(23)21-8-4-3-5-15(20)19(25)26/h6-7,10-11,15H,3-5,8-9,20H2,1-2H3,(H,21,23)(H,25,26)/t15-/m0/s1. The number of carboxylic acid groups (broad SMARTS) is 1. The third-order valence-electron chi connectivity index (χ3n) is 4.26. The Kier molecular flexibility index (Phi) is 6.95. The Bertz CT molecular complexity index is 875. The fourth-order valence-corrected chi connectivity index (χ4v) is 2.72. The number of carboxylic acids is 1. The van der Waals surface area contributed by atoms with Gasteiger partial charge in [0.2, 0.25) is 5.91 Å². The number of nitrogens with zero attached hydrogens (tertiary/aromatic N) is 1.